The Morgan fingerprint density at radius 1 is 1.37 bits per heavy atom. The third-order valence-corrected chi connectivity index (χ3v) is 4.17. The van der Waals surface area contributed by atoms with Crippen LogP contribution in [0.1, 0.15) is 48.9 Å². The summed E-state index contributed by atoms with van der Waals surface area (Å²) in [6.07, 6.45) is 3.94. The number of rotatable bonds is 6. The summed E-state index contributed by atoms with van der Waals surface area (Å²) in [6, 6.07) is 6.85. The Labute approximate surface area is 116 Å². The van der Waals surface area contributed by atoms with E-state index < -0.39 is 0 Å². The molecule has 2 rings (SSSR count). The fraction of sp³-hybridized carbons (Fsp3) is 0.625. The molecule has 0 spiro atoms. The van der Waals surface area contributed by atoms with Crippen molar-refractivity contribution in [3.05, 3.63) is 34.9 Å². The van der Waals surface area contributed by atoms with Gasteiger partial charge in [-0.15, -0.1) is 0 Å². The number of nitrogens with two attached hydrogens (primary N) is 1. The average molecular weight is 262 g/mol. The number of ether oxygens (including phenoxy) is 1. The largest absolute Gasteiger partial charge is 0.378 e. The van der Waals surface area contributed by atoms with E-state index in [9.17, 15) is 0 Å². The number of benzene rings is 1. The molecule has 1 aromatic carbocycles. The lowest BCUT2D eigenvalue weighted by Gasteiger charge is -2.37. The van der Waals surface area contributed by atoms with Gasteiger partial charge < -0.3 is 4.74 Å². The van der Waals surface area contributed by atoms with Gasteiger partial charge >= 0.3 is 0 Å². The summed E-state index contributed by atoms with van der Waals surface area (Å²) in [5.41, 5.74) is 6.94. The first-order valence-corrected chi connectivity index (χ1v) is 7.29. The minimum Gasteiger partial charge on any atom is -0.378 e. The minimum atomic E-state index is 0.258. The first-order valence-electron chi connectivity index (χ1n) is 7.29. The molecule has 1 unspecified atom stereocenters. The zero-order chi connectivity index (χ0) is 13.8. The standard InChI is InChI=1S/C16H26N2O/c1-4-19-14-8-13(9-14)10-16(18-17)15-6-5-11(2)7-12(15)3/h5-7,13-14,16,18H,4,8-10,17H2,1-3H3. The average Bonchev–Trinajstić information content (AvgIpc) is 2.33. The van der Waals surface area contributed by atoms with Crippen LogP contribution in [0.2, 0.25) is 0 Å². The van der Waals surface area contributed by atoms with Gasteiger partial charge in [0.25, 0.3) is 0 Å². The molecular weight excluding hydrogens is 236 g/mol. The van der Waals surface area contributed by atoms with Crippen LogP contribution in [0.3, 0.4) is 0 Å². The Morgan fingerprint density at radius 2 is 2.11 bits per heavy atom. The number of hydrogen-bond acceptors (Lipinski definition) is 3. The molecule has 0 radical (unpaired) electrons. The van der Waals surface area contributed by atoms with Gasteiger partial charge in [0.15, 0.2) is 0 Å². The van der Waals surface area contributed by atoms with E-state index in [1.54, 1.807) is 0 Å². The van der Waals surface area contributed by atoms with Crippen molar-refractivity contribution >= 4 is 0 Å². The second-order valence-electron chi connectivity index (χ2n) is 5.73. The van der Waals surface area contributed by atoms with Crippen molar-refractivity contribution in [2.45, 2.75) is 52.2 Å². The van der Waals surface area contributed by atoms with Crippen LogP contribution < -0.4 is 11.3 Å². The first-order chi connectivity index (χ1) is 9.13. The van der Waals surface area contributed by atoms with E-state index in [1.807, 2.05) is 0 Å². The molecule has 3 N–H and O–H groups in total. The summed E-state index contributed by atoms with van der Waals surface area (Å²) in [5, 5.41) is 0. The molecule has 1 fully saturated rings. The van der Waals surface area contributed by atoms with Crippen molar-refractivity contribution in [3.63, 3.8) is 0 Å². The Hall–Kier alpha value is -0.900. The molecule has 106 valence electrons. The van der Waals surface area contributed by atoms with Gasteiger partial charge in [-0.2, -0.15) is 0 Å². The fourth-order valence-electron chi connectivity index (χ4n) is 3.07. The maximum Gasteiger partial charge on any atom is 0.0580 e. The Bertz CT molecular complexity index is 413. The van der Waals surface area contributed by atoms with E-state index in [1.165, 1.54) is 29.5 Å². The van der Waals surface area contributed by atoms with E-state index in [0.717, 1.165) is 18.9 Å². The quantitative estimate of drug-likeness (QED) is 0.612. The van der Waals surface area contributed by atoms with Crippen LogP contribution in [0.15, 0.2) is 18.2 Å². The second-order valence-corrected chi connectivity index (χ2v) is 5.73. The fourth-order valence-corrected chi connectivity index (χ4v) is 3.07. The van der Waals surface area contributed by atoms with E-state index in [4.69, 9.17) is 10.6 Å². The molecule has 1 aliphatic carbocycles. The normalized spacial score (nSPS) is 24.0. The second kappa shape index (κ2) is 6.51. The molecular formula is C16H26N2O. The van der Waals surface area contributed by atoms with E-state index in [0.29, 0.717) is 6.10 Å². The van der Waals surface area contributed by atoms with Crippen LogP contribution >= 0.6 is 0 Å². The molecule has 3 nitrogen and oxygen atoms in total. The summed E-state index contributed by atoms with van der Waals surface area (Å²) in [4.78, 5) is 0. The van der Waals surface area contributed by atoms with Crippen molar-refractivity contribution in [3.8, 4) is 0 Å². The number of hydrazine groups is 1. The van der Waals surface area contributed by atoms with Gasteiger partial charge in [-0.1, -0.05) is 23.8 Å². The van der Waals surface area contributed by atoms with E-state index >= 15 is 0 Å². The molecule has 0 amide bonds. The highest BCUT2D eigenvalue weighted by molar-refractivity contribution is 5.32. The monoisotopic (exact) mass is 262 g/mol. The first kappa shape index (κ1) is 14.5. The predicted octanol–water partition coefficient (Wildman–Crippen LogP) is 3.01. The van der Waals surface area contributed by atoms with Gasteiger partial charge in [-0.3, -0.25) is 11.3 Å². The van der Waals surface area contributed by atoms with Gasteiger partial charge in [0.2, 0.25) is 0 Å². The van der Waals surface area contributed by atoms with Crippen LogP contribution in [-0.2, 0) is 4.74 Å². The summed E-state index contributed by atoms with van der Waals surface area (Å²) < 4.78 is 5.62. The third-order valence-electron chi connectivity index (χ3n) is 4.17. The van der Waals surface area contributed by atoms with Crippen molar-refractivity contribution in [1.29, 1.82) is 0 Å². The van der Waals surface area contributed by atoms with Gasteiger partial charge in [0, 0.05) is 12.6 Å². The van der Waals surface area contributed by atoms with Gasteiger partial charge in [0.1, 0.15) is 0 Å². The zero-order valence-electron chi connectivity index (χ0n) is 12.3. The number of nitrogens with one attached hydrogen (secondary N) is 1. The van der Waals surface area contributed by atoms with Crippen molar-refractivity contribution in [1.82, 2.24) is 5.43 Å². The maximum atomic E-state index is 5.75. The Kier molecular flexibility index (Phi) is 4.97. The Balaban J connectivity index is 1.94. The van der Waals surface area contributed by atoms with Crippen LogP contribution in [0.4, 0.5) is 0 Å². The van der Waals surface area contributed by atoms with E-state index in [-0.39, 0.29) is 6.04 Å². The highest BCUT2D eigenvalue weighted by Crippen LogP contribution is 2.37. The molecule has 1 saturated carbocycles. The lowest BCUT2D eigenvalue weighted by Crippen LogP contribution is -2.36. The lowest BCUT2D eigenvalue weighted by molar-refractivity contribution is -0.0291. The predicted molar refractivity (Wildman–Crippen MR) is 78.7 cm³/mol. The lowest BCUT2D eigenvalue weighted by atomic mass is 9.77. The van der Waals surface area contributed by atoms with Gasteiger partial charge in [-0.05, 0) is 57.1 Å². The summed E-state index contributed by atoms with van der Waals surface area (Å²) in [6.45, 7) is 7.18. The molecule has 19 heavy (non-hydrogen) atoms. The van der Waals surface area contributed by atoms with Gasteiger partial charge in [-0.25, -0.2) is 0 Å². The highest BCUT2D eigenvalue weighted by atomic mass is 16.5. The summed E-state index contributed by atoms with van der Waals surface area (Å²) >= 11 is 0. The topological polar surface area (TPSA) is 47.3 Å². The molecule has 1 aliphatic rings. The molecule has 1 atom stereocenters. The third kappa shape index (κ3) is 3.56. The minimum absolute atomic E-state index is 0.258. The molecule has 3 heteroatoms. The van der Waals surface area contributed by atoms with Crippen LogP contribution in [0.5, 0.6) is 0 Å². The molecule has 0 saturated heterocycles. The number of aryl methyl sites for hydroxylation is 2. The summed E-state index contributed by atoms with van der Waals surface area (Å²) in [5.74, 6) is 6.49. The van der Waals surface area contributed by atoms with Crippen molar-refractivity contribution in [2.75, 3.05) is 6.61 Å². The van der Waals surface area contributed by atoms with Gasteiger partial charge in [0.05, 0.1) is 6.10 Å². The van der Waals surface area contributed by atoms with Crippen LogP contribution in [0.25, 0.3) is 0 Å². The Morgan fingerprint density at radius 3 is 2.68 bits per heavy atom. The molecule has 0 aromatic heterocycles. The molecule has 0 bridgehead atoms. The SMILES string of the molecule is CCOC1CC(CC(NN)c2ccc(C)cc2C)C1. The molecule has 1 aromatic rings. The van der Waals surface area contributed by atoms with E-state index in [2.05, 4.69) is 44.4 Å². The smallest absolute Gasteiger partial charge is 0.0580 e. The van der Waals surface area contributed by atoms with Crippen molar-refractivity contribution < 1.29 is 4.74 Å². The number of hydrogen-bond donors (Lipinski definition) is 2. The maximum absolute atomic E-state index is 5.75. The molecule has 0 heterocycles. The zero-order valence-corrected chi connectivity index (χ0v) is 12.3. The van der Waals surface area contributed by atoms with Crippen LogP contribution in [0, 0.1) is 19.8 Å². The molecule has 0 aliphatic heterocycles. The summed E-state index contributed by atoms with van der Waals surface area (Å²) in [7, 11) is 0. The van der Waals surface area contributed by atoms with Crippen LogP contribution in [-0.4, -0.2) is 12.7 Å². The highest BCUT2D eigenvalue weighted by Gasteiger charge is 2.31. The van der Waals surface area contributed by atoms with Crippen molar-refractivity contribution in [2.24, 2.45) is 11.8 Å².